The Morgan fingerprint density at radius 1 is 1.04 bits per heavy atom. The Labute approximate surface area is 150 Å². The van der Waals surface area contributed by atoms with E-state index in [2.05, 4.69) is 9.44 Å². The standard InChI is InChI=1S/C18H15ClN2O3S/c1-24-16-5-4-11-6-13(3-2-12(11)8-16)17-9-15(19)7-14-10-20-25(22,23)21-18(14)17/h2-9,20-21H,10H2,1H3. The monoisotopic (exact) mass is 374 g/mol. The molecule has 0 spiro atoms. The molecule has 4 rings (SSSR count). The summed E-state index contributed by atoms with van der Waals surface area (Å²) >= 11 is 6.24. The molecule has 0 bridgehead atoms. The molecule has 0 aliphatic carbocycles. The zero-order chi connectivity index (χ0) is 17.6. The molecular formula is C18H15ClN2O3S. The number of methoxy groups -OCH3 is 1. The van der Waals surface area contributed by atoms with E-state index in [-0.39, 0.29) is 6.54 Å². The molecule has 1 aliphatic rings. The van der Waals surface area contributed by atoms with Crippen molar-refractivity contribution in [3.8, 4) is 16.9 Å². The van der Waals surface area contributed by atoms with Crippen molar-refractivity contribution >= 4 is 38.3 Å². The van der Waals surface area contributed by atoms with Crippen LogP contribution in [0.15, 0.2) is 48.5 Å². The van der Waals surface area contributed by atoms with Crippen molar-refractivity contribution in [2.24, 2.45) is 0 Å². The maximum Gasteiger partial charge on any atom is 0.299 e. The molecular weight excluding hydrogens is 360 g/mol. The third kappa shape index (κ3) is 3.04. The molecule has 0 saturated heterocycles. The van der Waals surface area contributed by atoms with Crippen molar-refractivity contribution in [1.82, 2.24) is 4.72 Å². The molecule has 0 amide bonds. The van der Waals surface area contributed by atoms with Crippen molar-refractivity contribution in [2.75, 3.05) is 11.8 Å². The second-order valence-corrected chi connectivity index (χ2v) is 7.78. The van der Waals surface area contributed by atoms with Crippen LogP contribution in [0.2, 0.25) is 5.02 Å². The fraction of sp³-hybridized carbons (Fsp3) is 0.111. The maximum absolute atomic E-state index is 11.9. The van der Waals surface area contributed by atoms with Crippen LogP contribution in [-0.2, 0) is 16.8 Å². The van der Waals surface area contributed by atoms with Gasteiger partial charge in [-0.05, 0) is 52.2 Å². The van der Waals surface area contributed by atoms with Crippen LogP contribution in [-0.4, -0.2) is 15.5 Å². The third-order valence-corrected chi connectivity index (χ3v) is 5.45. The first-order valence-corrected chi connectivity index (χ1v) is 9.49. The molecule has 5 nitrogen and oxygen atoms in total. The Kier molecular flexibility index (Phi) is 3.83. The highest BCUT2D eigenvalue weighted by atomic mass is 35.5. The van der Waals surface area contributed by atoms with E-state index < -0.39 is 10.2 Å². The molecule has 0 radical (unpaired) electrons. The van der Waals surface area contributed by atoms with Crippen LogP contribution < -0.4 is 14.2 Å². The fourth-order valence-corrected chi connectivity index (χ4v) is 4.18. The number of halogens is 1. The highest BCUT2D eigenvalue weighted by molar-refractivity contribution is 7.90. The Hall–Kier alpha value is -2.28. The highest BCUT2D eigenvalue weighted by Crippen LogP contribution is 2.37. The van der Waals surface area contributed by atoms with Gasteiger partial charge in [0.15, 0.2) is 0 Å². The van der Waals surface area contributed by atoms with Crippen LogP contribution >= 0.6 is 11.6 Å². The van der Waals surface area contributed by atoms with Crippen LogP contribution in [0.1, 0.15) is 5.56 Å². The van der Waals surface area contributed by atoms with E-state index in [4.69, 9.17) is 16.3 Å². The lowest BCUT2D eigenvalue weighted by Crippen LogP contribution is -2.34. The number of fused-ring (bicyclic) bond motifs is 2. The van der Waals surface area contributed by atoms with E-state index in [1.807, 2.05) is 36.4 Å². The second-order valence-electron chi connectivity index (χ2n) is 5.84. The Morgan fingerprint density at radius 3 is 2.60 bits per heavy atom. The van der Waals surface area contributed by atoms with Crippen LogP contribution in [0.3, 0.4) is 0 Å². The lowest BCUT2D eigenvalue weighted by Gasteiger charge is -2.23. The maximum atomic E-state index is 11.9. The summed E-state index contributed by atoms with van der Waals surface area (Å²) < 4.78 is 34.1. The van der Waals surface area contributed by atoms with Crippen molar-refractivity contribution in [1.29, 1.82) is 0 Å². The largest absolute Gasteiger partial charge is 0.497 e. The zero-order valence-electron chi connectivity index (χ0n) is 13.3. The molecule has 3 aromatic rings. The SMILES string of the molecule is COc1ccc2cc(-c3cc(Cl)cc4c3NS(=O)(=O)NC4)ccc2c1. The Balaban J connectivity index is 1.90. The molecule has 3 aromatic carbocycles. The first-order chi connectivity index (χ1) is 11.9. The van der Waals surface area contributed by atoms with Crippen LogP contribution in [0.5, 0.6) is 5.75 Å². The van der Waals surface area contributed by atoms with Gasteiger partial charge in [0, 0.05) is 17.1 Å². The number of rotatable bonds is 2. The molecule has 128 valence electrons. The van der Waals surface area contributed by atoms with E-state index in [0.29, 0.717) is 10.7 Å². The normalized spacial score (nSPS) is 15.4. The second kappa shape index (κ2) is 5.91. The minimum Gasteiger partial charge on any atom is -0.497 e. The topological polar surface area (TPSA) is 67.4 Å². The predicted molar refractivity (Wildman–Crippen MR) is 100 cm³/mol. The summed E-state index contributed by atoms with van der Waals surface area (Å²) in [6.07, 6.45) is 0. The number of hydrogen-bond donors (Lipinski definition) is 2. The van der Waals surface area contributed by atoms with Crippen molar-refractivity contribution < 1.29 is 13.2 Å². The van der Waals surface area contributed by atoms with Gasteiger partial charge in [0.1, 0.15) is 5.75 Å². The van der Waals surface area contributed by atoms with Gasteiger partial charge in [0.05, 0.1) is 12.8 Å². The molecule has 7 heteroatoms. The number of anilines is 1. The van der Waals surface area contributed by atoms with E-state index in [1.165, 1.54) is 0 Å². The molecule has 0 aromatic heterocycles. The van der Waals surface area contributed by atoms with Gasteiger partial charge in [0.2, 0.25) is 0 Å². The number of benzene rings is 3. The van der Waals surface area contributed by atoms with Gasteiger partial charge in [-0.3, -0.25) is 4.72 Å². The van der Waals surface area contributed by atoms with Crippen LogP contribution in [0.4, 0.5) is 5.69 Å². The van der Waals surface area contributed by atoms with Crippen LogP contribution in [0, 0.1) is 0 Å². The number of nitrogens with one attached hydrogen (secondary N) is 2. The van der Waals surface area contributed by atoms with Crippen molar-refractivity contribution in [3.05, 3.63) is 59.1 Å². The van der Waals surface area contributed by atoms with E-state index in [1.54, 1.807) is 19.2 Å². The van der Waals surface area contributed by atoms with E-state index in [9.17, 15) is 8.42 Å². The lowest BCUT2D eigenvalue weighted by atomic mass is 9.97. The zero-order valence-corrected chi connectivity index (χ0v) is 14.9. The van der Waals surface area contributed by atoms with Gasteiger partial charge in [0.25, 0.3) is 10.2 Å². The summed E-state index contributed by atoms with van der Waals surface area (Å²) in [4.78, 5) is 0. The smallest absolute Gasteiger partial charge is 0.299 e. The molecule has 2 N–H and O–H groups in total. The van der Waals surface area contributed by atoms with E-state index >= 15 is 0 Å². The molecule has 1 heterocycles. The third-order valence-electron chi connectivity index (χ3n) is 4.23. The summed E-state index contributed by atoms with van der Waals surface area (Å²) in [6, 6.07) is 15.3. The van der Waals surface area contributed by atoms with E-state index in [0.717, 1.165) is 33.2 Å². The van der Waals surface area contributed by atoms with Crippen molar-refractivity contribution in [2.45, 2.75) is 6.54 Å². The summed E-state index contributed by atoms with van der Waals surface area (Å²) in [5.74, 6) is 0.791. The van der Waals surface area contributed by atoms with Gasteiger partial charge >= 0.3 is 0 Å². The molecule has 0 unspecified atom stereocenters. The molecule has 25 heavy (non-hydrogen) atoms. The molecule has 0 atom stereocenters. The minimum atomic E-state index is -3.55. The summed E-state index contributed by atoms with van der Waals surface area (Å²) in [5.41, 5.74) is 3.02. The van der Waals surface area contributed by atoms with Crippen molar-refractivity contribution in [3.63, 3.8) is 0 Å². The van der Waals surface area contributed by atoms with Crippen LogP contribution in [0.25, 0.3) is 21.9 Å². The molecule has 0 fully saturated rings. The minimum absolute atomic E-state index is 0.211. The fourth-order valence-electron chi connectivity index (χ4n) is 3.01. The van der Waals surface area contributed by atoms with Gasteiger partial charge < -0.3 is 4.74 Å². The summed E-state index contributed by atoms with van der Waals surface area (Å²) in [5, 5.41) is 2.64. The Morgan fingerprint density at radius 2 is 1.80 bits per heavy atom. The summed E-state index contributed by atoms with van der Waals surface area (Å²) in [7, 11) is -1.92. The number of ether oxygens (including phenoxy) is 1. The lowest BCUT2D eigenvalue weighted by molar-refractivity contribution is 0.415. The van der Waals surface area contributed by atoms with Gasteiger partial charge in [-0.1, -0.05) is 29.8 Å². The average Bonchev–Trinajstić information content (AvgIpc) is 2.60. The summed E-state index contributed by atoms with van der Waals surface area (Å²) in [6.45, 7) is 0.211. The van der Waals surface area contributed by atoms with Gasteiger partial charge in [-0.2, -0.15) is 13.1 Å². The van der Waals surface area contributed by atoms with Gasteiger partial charge in [-0.25, -0.2) is 0 Å². The highest BCUT2D eigenvalue weighted by Gasteiger charge is 2.23. The molecule has 0 saturated carbocycles. The quantitative estimate of drug-likeness (QED) is 0.714. The number of hydrogen-bond acceptors (Lipinski definition) is 3. The Bertz CT molecular complexity index is 1100. The molecule has 1 aliphatic heterocycles. The first-order valence-electron chi connectivity index (χ1n) is 7.63. The van der Waals surface area contributed by atoms with Gasteiger partial charge in [-0.15, -0.1) is 0 Å². The average molecular weight is 375 g/mol. The first kappa shape index (κ1) is 16.2. The predicted octanol–water partition coefficient (Wildman–Crippen LogP) is 3.93.